The maximum Gasteiger partial charge on any atom is 0.222 e. The van der Waals surface area contributed by atoms with Gasteiger partial charge in [0.1, 0.15) is 5.69 Å². The van der Waals surface area contributed by atoms with Crippen LogP contribution in [0.1, 0.15) is 11.3 Å². The van der Waals surface area contributed by atoms with E-state index >= 15 is 0 Å². The highest BCUT2D eigenvalue weighted by molar-refractivity contribution is 5.58. The summed E-state index contributed by atoms with van der Waals surface area (Å²) in [5.74, 6) is 1.08. The summed E-state index contributed by atoms with van der Waals surface area (Å²) in [4.78, 5) is 12.8. The molecule has 0 spiro atoms. The van der Waals surface area contributed by atoms with Gasteiger partial charge in [-0.2, -0.15) is 4.98 Å². The molecule has 0 aromatic heterocycles. The molecule has 1 aromatic rings. The first-order valence-electron chi connectivity index (χ1n) is 5.73. The largest absolute Gasteiger partial charge is 0.368 e. The van der Waals surface area contributed by atoms with E-state index in [-0.39, 0.29) is 0 Å². The molecule has 2 N–H and O–H groups in total. The van der Waals surface area contributed by atoms with Crippen molar-refractivity contribution >= 4 is 5.95 Å². The Kier molecular flexibility index (Phi) is 2.44. The summed E-state index contributed by atoms with van der Waals surface area (Å²) in [7, 11) is 0. The molecular formula is C13H13N5. The third-order valence-electron chi connectivity index (χ3n) is 2.86. The molecule has 0 fully saturated rings. The molecule has 0 bridgehead atoms. The Hall–Kier alpha value is -2.43. The fraction of sp³-hybridized carbons (Fsp3) is 0.154. The number of nitrogens with two attached hydrogens (primary N) is 1. The molecule has 0 atom stereocenters. The average Bonchev–Trinajstić information content (AvgIpc) is 2.77. The van der Waals surface area contributed by atoms with Crippen LogP contribution in [0.5, 0.6) is 0 Å². The zero-order valence-electron chi connectivity index (χ0n) is 10.0. The summed E-state index contributed by atoms with van der Waals surface area (Å²) in [6.07, 6.45) is 1.78. The van der Waals surface area contributed by atoms with Gasteiger partial charge in [-0.05, 0) is 12.5 Å². The standard InChI is InChI=1S/C13H13N5/c1-9-11-12(17-13(14)16-11)18(8-15-9)7-10-5-3-2-4-6-10/h2-6,8H,7H2,1H3,(H2,14,16). The van der Waals surface area contributed by atoms with Crippen molar-refractivity contribution in [1.82, 2.24) is 19.5 Å². The molecule has 90 valence electrons. The number of hydrogen-bond acceptors (Lipinski definition) is 4. The number of hydrogen-bond donors (Lipinski definition) is 1. The van der Waals surface area contributed by atoms with E-state index in [9.17, 15) is 0 Å². The van der Waals surface area contributed by atoms with Gasteiger partial charge in [0.15, 0.2) is 5.82 Å². The smallest absolute Gasteiger partial charge is 0.222 e. The normalized spacial score (nSPS) is 10.9. The molecule has 2 aliphatic heterocycles. The highest BCUT2D eigenvalue weighted by Crippen LogP contribution is 2.22. The summed E-state index contributed by atoms with van der Waals surface area (Å²) in [6, 6.07) is 10.2. The predicted octanol–water partition coefficient (Wildman–Crippen LogP) is 1.72. The predicted molar refractivity (Wildman–Crippen MR) is 69.1 cm³/mol. The molecule has 5 nitrogen and oxygen atoms in total. The summed E-state index contributed by atoms with van der Waals surface area (Å²) in [6.45, 7) is 2.62. The van der Waals surface area contributed by atoms with Crippen LogP contribution in [-0.2, 0) is 6.54 Å². The molecule has 0 unspecified atom stereocenters. The number of aryl methyl sites for hydroxylation is 1. The number of nitrogen functional groups attached to an aromatic ring is 1. The van der Waals surface area contributed by atoms with Crippen LogP contribution in [0, 0.1) is 6.92 Å². The Morgan fingerprint density at radius 3 is 2.72 bits per heavy atom. The zero-order valence-corrected chi connectivity index (χ0v) is 10.0. The minimum Gasteiger partial charge on any atom is -0.368 e. The van der Waals surface area contributed by atoms with Crippen LogP contribution in [-0.4, -0.2) is 19.5 Å². The molecule has 1 aromatic carbocycles. The van der Waals surface area contributed by atoms with Gasteiger partial charge in [0.05, 0.1) is 18.6 Å². The van der Waals surface area contributed by atoms with Gasteiger partial charge < -0.3 is 10.3 Å². The second-order valence-electron chi connectivity index (χ2n) is 4.20. The van der Waals surface area contributed by atoms with E-state index in [4.69, 9.17) is 5.73 Å². The van der Waals surface area contributed by atoms with Crippen molar-refractivity contribution in [3.63, 3.8) is 0 Å². The maximum atomic E-state index is 5.66. The Balaban J connectivity index is 2.05. The van der Waals surface area contributed by atoms with Gasteiger partial charge in [-0.1, -0.05) is 30.3 Å². The first kappa shape index (κ1) is 10.7. The van der Waals surface area contributed by atoms with Gasteiger partial charge in [0, 0.05) is 0 Å². The van der Waals surface area contributed by atoms with Crippen LogP contribution in [0.2, 0.25) is 0 Å². The highest BCUT2D eigenvalue weighted by atomic mass is 15.2. The van der Waals surface area contributed by atoms with E-state index in [1.165, 1.54) is 5.56 Å². The molecule has 0 saturated carbocycles. The van der Waals surface area contributed by atoms with Crippen molar-refractivity contribution in [3.8, 4) is 11.5 Å². The molecule has 0 amide bonds. The number of aromatic nitrogens is 4. The van der Waals surface area contributed by atoms with E-state index < -0.39 is 0 Å². The lowest BCUT2D eigenvalue weighted by Crippen LogP contribution is -2.08. The Morgan fingerprint density at radius 1 is 1.17 bits per heavy atom. The van der Waals surface area contributed by atoms with E-state index in [2.05, 4.69) is 27.1 Å². The molecule has 2 aliphatic rings. The van der Waals surface area contributed by atoms with Gasteiger partial charge in [-0.3, -0.25) is 0 Å². The first-order chi connectivity index (χ1) is 8.74. The quantitative estimate of drug-likeness (QED) is 0.739. The summed E-state index contributed by atoms with van der Waals surface area (Å²) >= 11 is 0. The number of rotatable bonds is 2. The molecule has 5 heteroatoms. The number of anilines is 1. The van der Waals surface area contributed by atoms with Crippen molar-refractivity contribution < 1.29 is 0 Å². The van der Waals surface area contributed by atoms with Crippen LogP contribution in [0.25, 0.3) is 11.5 Å². The minimum absolute atomic E-state index is 0.294. The van der Waals surface area contributed by atoms with Crippen LogP contribution < -0.4 is 5.73 Å². The summed E-state index contributed by atoms with van der Waals surface area (Å²) < 4.78 is 1.96. The van der Waals surface area contributed by atoms with Crippen molar-refractivity contribution in [3.05, 3.63) is 47.9 Å². The molecule has 0 saturated heterocycles. The fourth-order valence-electron chi connectivity index (χ4n) is 1.96. The summed E-state index contributed by atoms with van der Waals surface area (Å²) in [5.41, 5.74) is 8.46. The number of fused-ring (bicyclic) bond motifs is 1. The molecule has 3 rings (SSSR count). The van der Waals surface area contributed by atoms with Crippen molar-refractivity contribution in [2.75, 3.05) is 5.73 Å². The number of imidazole rings is 1. The SMILES string of the molecule is Cc1ncn(Cc2ccccc2)c2nc(N)nc1-2. The Labute approximate surface area is 105 Å². The third-order valence-corrected chi connectivity index (χ3v) is 2.86. The van der Waals surface area contributed by atoms with E-state index in [0.717, 1.165) is 17.2 Å². The van der Waals surface area contributed by atoms with Crippen LogP contribution in [0.15, 0.2) is 36.7 Å². The van der Waals surface area contributed by atoms with Crippen LogP contribution >= 0.6 is 0 Å². The lowest BCUT2D eigenvalue weighted by molar-refractivity contribution is 0.754. The van der Waals surface area contributed by atoms with Crippen molar-refractivity contribution in [2.45, 2.75) is 13.5 Å². The second kappa shape index (κ2) is 4.10. The molecule has 0 aliphatic carbocycles. The van der Waals surface area contributed by atoms with Crippen molar-refractivity contribution in [1.29, 1.82) is 0 Å². The van der Waals surface area contributed by atoms with E-state index in [0.29, 0.717) is 12.5 Å². The van der Waals surface area contributed by atoms with Crippen molar-refractivity contribution in [2.24, 2.45) is 0 Å². The minimum atomic E-state index is 0.294. The van der Waals surface area contributed by atoms with Gasteiger partial charge in [-0.15, -0.1) is 0 Å². The van der Waals surface area contributed by atoms with Gasteiger partial charge >= 0.3 is 0 Å². The van der Waals surface area contributed by atoms with Gasteiger partial charge in [0.2, 0.25) is 5.95 Å². The van der Waals surface area contributed by atoms with Gasteiger partial charge in [0.25, 0.3) is 0 Å². The highest BCUT2D eigenvalue weighted by Gasteiger charge is 2.16. The first-order valence-corrected chi connectivity index (χ1v) is 5.73. The molecule has 18 heavy (non-hydrogen) atoms. The maximum absolute atomic E-state index is 5.66. The lowest BCUT2D eigenvalue weighted by Gasteiger charge is -2.11. The monoisotopic (exact) mass is 239 g/mol. The molecule has 0 radical (unpaired) electrons. The average molecular weight is 239 g/mol. The zero-order chi connectivity index (χ0) is 12.5. The fourth-order valence-corrected chi connectivity index (χ4v) is 1.96. The second-order valence-corrected chi connectivity index (χ2v) is 4.20. The topological polar surface area (TPSA) is 69.6 Å². The van der Waals surface area contributed by atoms with Gasteiger partial charge in [-0.25, -0.2) is 9.97 Å². The van der Waals surface area contributed by atoms with E-state index in [1.54, 1.807) is 6.33 Å². The van der Waals surface area contributed by atoms with Crippen LogP contribution in [0.3, 0.4) is 0 Å². The van der Waals surface area contributed by atoms with E-state index in [1.807, 2.05) is 29.7 Å². The number of nitrogens with zero attached hydrogens (tertiary/aromatic N) is 4. The Bertz CT molecular complexity index is 644. The number of benzene rings is 1. The molecular weight excluding hydrogens is 226 g/mol. The lowest BCUT2D eigenvalue weighted by atomic mass is 10.2. The summed E-state index contributed by atoms with van der Waals surface area (Å²) in [5, 5.41) is 0. The van der Waals surface area contributed by atoms with Crippen LogP contribution in [0.4, 0.5) is 5.95 Å². The molecule has 2 heterocycles. The Morgan fingerprint density at radius 2 is 1.94 bits per heavy atom. The third kappa shape index (κ3) is 1.79.